The molecule has 0 aliphatic rings. The van der Waals surface area contributed by atoms with E-state index in [4.69, 9.17) is 4.98 Å². The third-order valence-corrected chi connectivity index (χ3v) is 5.61. The van der Waals surface area contributed by atoms with E-state index in [1.165, 1.54) is 0 Å². The van der Waals surface area contributed by atoms with Crippen LogP contribution in [0.15, 0.2) is 84.5 Å². The summed E-state index contributed by atoms with van der Waals surface area (Å²) in [5.74, 6) is 0.0164. The number of amides is 1. The Labute approximate surface area is 174 Å². The highest BCUT2D eigenvalue weighted by Gasteiger charge is 2.11. The van der Waals surface area contributed by atoms with Crippen LogP contribution in [0.3, 0.4) is 0 Å². The van der Waals surface area contributed by atoms with Crippen LogP contribution >= 0.6 is 11.3 Å². The van der Waals surface area contributed by atoms with E-state index >= 15 is 0 Å². The van der Waals surface area contributed by atoms with Crippen molar-refractivity contribution in [2.24, 2.45) is 0 Å². The van der Waals surface area contributed by atoms with Crippen LogP contribution in [-0.4, -0.2) is 15.9 Å². The maximum atomic E-state index is 12.4. The average Bonchev–Trinajstić information content (AvgIpc) is 3.26. The van der Waals surface area contributed by atoms with Crippen molar-refractivity contribution >= 4 is 17.2 Å². The zero-order valence-corrected chi connectivity index (χ0v) is 16.9. The van der Waals surface area contributed by atoms with Crippen LogP contribution < -0.4 is 5.32 Å². The van der Waals surface area contributed by atoms with Gasteiger partial charge in [-0.25, -0.2) is 4.98 Å². The van der Waals surface area contributed by atoms with Crippen LogP contribution in [0.1, 0.15) is 24.1 Å². The molecule has 0 saturated heterocycles. The van der Waals surface area contributed by atoms with Crippen molar-refractivity contribution in [2.75, 3.05) is 0 Å². The molecule has 4 aromatic rings. The molecule has 2 aromatic heterocycles. The Hall–Kier alpha value is -3.31. The largest absolute Gasteiger partial charge is 0.349 e. The van der Waals surface area contributed by atoms with Gasteiger partial charge in [-0.15, -0.1) is 11.3 Å². The van der Waals surface area contributed by atoms with E-state index in [9.17, 15) is 4.79 Å². The first-order valence-electron chi connectivity index (χ1n) is 9.48. The molecule has 4 nitrogen and oxygen atoms in total. The average molecular weight is 400 g/mol. The molecule has 0 radical (unpaired) electrons. The number of benzene rings is 2. The third kappa shape index (κ3) is 4.76. The molecule has 0 bridgehead atoms. The fourth-order valence-corrected chi connectivity index (χ4v) is 3.96. The first-order chi connectivity index (χ1) is 14.2. The van der Waals surface area contributed by atoms with Crippen LogP contribution in [0.2, 0.25) is 0 Å². The number of carbonyl (C=O) groups is 1. The van der Waals surface area contributed by atoms with Crippen molar-refractivity contribution in [1.82, 2.24) is 15.3 Å². The lowest BCUT2D eigenvalue weighted by atomic mass is 10.1. The van der Waals surface area contributed by atoms with Gasteiger partial charge in [0.05, 0.1) is 18.2 Å². The van der Waals surface area contributed by atoms with Crippen molar-refractivity contribution in [3.8, 4) is 21.8 Å². The van der Waals surface area contributed by atoms with Gasteiger partial charge in [0, 0.05) is 28.9 Å². The quantitative estimate of drug-likeness (QED) is 0.479. The standard InChI is InChI=1S/C24H21N3OS/c1-17(19-5-3-2-4-6-19)26-23(28)15-18-7-9-20(10-8-18)22-16-29-24(27-22)21-11-13-25-14-12-21/h2-14,16-17H,15H2,1H3,(H,26,28)/t17-/m0/s1. The minimum Gasteiger partial charge on any atom is -0.349 e. The van der Waals surface area contributed by atoms with Crippen molar-refractivity contribution in [1.29, 1.82) is 0 Å². The number of nitrogens with one attached hydrogen (secondary N) is 1. The topological polar surface area (TPSA) is 54.9 Å². The Kier molecular flexibility index (Phi) is 5.77. The molecular weight excluding hydrogens is 378 g/mol. The van der Waals surface area contributed by atoms with Gasteiger partial charge in [0.2, 0.25) is 5.91 Å². The molecule has 1 amide bonds. The Morgan fingerprint density at radius 2 is 1.69 bits per heavy atom. The number of nitrogens with zero attached hydrogens (tertiary/aromatic N) is 2. The van der Waals surface area contributed by atoms with Gasteiger partial charge in [0.15, 0.2) is 0 Å². The summed E-state index contributed by atoms with van der Waals surface area (Å²) in [7, 11) is 0. The van der Waals surface area contributed by atoms with Gasteiger partial charge in [0.1, 0.15) is 5.01 Å². The second-order valence-corrected chi connectivity index (χ2v) is 7.71. The molecule has 1 atom stereocenters. The molecule has 5 heteroatoms. The maximum Gasteiger partial charge on any atom is 0.224 e. The number of hydrogen-bond acceptors (Lipinski definition) is 4. The molecule has 2 heterocycles. The molecule has 0 aliphatic heterocycles. The minimum atomic E-state index is -0.00964. The van der Waals surface area contributed by atoms with Crippen molar-refractivity contribution in [2.45, 2.75) is 19.4 Å². The third-order valence-electron chi connectivity index (χ3n) is 4.72. The molecule has 1 N–H and O–H groups in total. The lowest BCUT2D eigenvalue weighted by Crippen LogP contribution is -2.28. The highest BCUT2D eigenvalue weighted by atomic mass is 32.1. The van der Waals surface area contributed by atoms with E-state index in [2.05, 4.69) is 15.7 Å². The number of carbonyl (C=O) groups excluding carboxylic acids is 1. The Balaban J connectivity index is 1.39. The van der Waals surface area contributed by atoms with Gasteiger partial charge in [-0.3, -0.25) is 9.78 Å². The zero-order valence-electron chi connectivity index (χ0n) is 16.1. The second kappa shape index (κ2) is 8.80. The van der Waals surface area contributed by atoms with Gasteiger partial charge in [-0.05, 0) is 30.2 Å². The highest BCUT2D eigenvalue weighted by Crippen LogP contribution is 2.28. The molecule has 29 heavy (non-hydrogen) atoms. The Morgan fingerprint density at radius 3 is 2.41 bits per heavy atom. The molecule has 4 rings (SSSR count). The van der Waals surface area contributed by atoms with Crippen molar-refractivity contribution in [3.63, 3.8) is 0 Å². The van der Waals surface area contributed by atoms with Crippen LogP contribution in [0.5, 0.6) is 0 Å². The smallest absolute Gasteiger partial charge is 0.224 e. The van der Waals surface area contributed by atoms with Crippen molar-refractivity contribution < 1.29 is 4.79 Å². The number of pyridine rings is 1. The van der Waals surface area contributed by atoms with E-state index in [-0.39, 0.29) is 11.9 Å². The Bertz CT molecular complexity index is 1080. The van der Waals surface area contributed by atoms with E-state index in [1.54, 1.807) is 23.7 Å². The predicted molar refractivity (Wildman–Crippen MR) is 117 cm³/mol. The summed E-state index contributed by atoms with van der Waals surface area (Å²) in [6.07, 6.45) is 3.90. The lowest BCUT2D eigenvalue weighted by Gasteiger charge is -2.14. The summed E-state index contributed by atoms with van der Waals surface area (Å²) >= 11 is 1.61. The summed E-state index contributed by atoms with van der Waals surface area (Å²) in [6, 6.07) is 21.9. The normalized spacial score (nSPS) is 11.8. The molecule has 0 saturated carbocycles. The molecule has 0 fully saturated rings. The molecule has 2 aromatic carbocycles. The maximum absolute atomic E-state index is 12.4. The van der Waals surface area contributed by atoms with Gasteiger partial charge in [-0.2, -0.15) is 0 Å². The number of thiazole rings is 1. The highest BCUT2D eigenvalue weighted by molar-refractivity contribution is 7.13. The summed E-state index contributed by atoms with van der Waals surface area (Å²) in [4.78, 5) is 21.2. The SMILES string of the molecule is C[C@H](NC(=O)Cc1ccc(-c2csc(-c3ccncc3)n2)cc1)c1ccccc1. The summed E-state index contributed by atoms with van der Waals surface area (Å²) in [6.45, 7) is 2.00. The Morgan fingerprint density at radius 1 is 0.966 bits per heavy atom. The monoisotopic (exact) mass is 399 g/mol. The first-order valence-corrected chi connectivity index (χ1v) is 10.4. The van der Waals surface area contributed by atoms with E-state index in [0.717, 1.165) is 33.0 Å². The van der Waals surface area contributed by atoms with Crippen LogP contribution in [-0.2, 0) is 11.2 Å². The van der Waals surface area contributed by atoms with Gasteiger partial charge in [0.25, 0.3) is 0 Å². The molecule has 144 valence electrons. The van der Waals surface area contributed by atoms with Crippen LogP contribution in [0.25, 0.3) is 21.8 Å². The van der Waals surface area contributed by atoms with E-state index in [1.807, 2.05) is 73.7 Å². The lowest BCUT2D eigenvalue weighted by molar-refractivity contribution is -0.121. The predicted octanol–water partition coefficient (Wildman–Crippen LogP) is 5.29. The summed E-state index contributed by atoms with van der Waals surface area (Å²) < 4.78 is 0. The summed E-state index contributed by atoms with van der Waals surface area (Å²) in [5.41, 5.74) is 5.14. The minimum absolute atomic E-state index is 0.00964. The number of aromatic nitrogens is 2. The number of rotatable bonds is 6. The molecule has 0 spiro atoms. The van der Waals surface area contributed by atoms with Crippen LogP contribution in [0, 0.1) is 0 Å². The molecule has 0 aliphatic carbocycles. The summed E-state index contributed by atoms with van der Waals surface area (Å²) in [5, 5.41) is 6.09. The van der Waals surface area contributed by atoms with Gasteiger partial charge in [-0.1, -0.05) is 54.6 Å². The van der Waals surface area contributed by atoms with Crippen molar-refractivity contribution in [3.05, 3.63) is 95.6 Å². The second-order valence-electron chi connectivity index (χ2n) is 6.85. The van der Waals surface area contributed by atoms with Crippen LogP contribution in [0.4, 0.5) is 0 Å². The zero-order chi connectivity index (χ0) is 20.1. The fraction of sp³-hybridized carbons (Fsp3) is 0.125. The van der Waals surface area contributed by atoms with Gasteiger partial charge >= 0.3 is 0 Å². The van der Waals surface area contributed by atoms with E-state index in [0.29, 0.717) is 6.42 Å². The first kappa shape index (κ1) is 19.0. The molecule has 0 unspecified atom stereocenters. The fourth-order valence-electron chi connectivity index (χ4n) is 3.13. The van der Waals surface area contributed by atoms with Gasteiger partial charge < -0.3 is 5.32 Å². The van der Waals surface area contributed by atoms with E-state index < -0.39 is 0 Å². The molecular formula is C24H21N3OS. The number of hydrogen-bond donors (Lipinski definition) is 1.